The molecule has 2 N–H and O–H groups in total. The molecule has 1 unspecified atom stereocenters. The minimum absolute atomic E-state index is 0.0758. The lowest BCUT2D eigenvalue weighted by Gasteiger charge is -2.11. The molecule has 1 atom stereocenters. The van der Waals surface area contributed by atoms with Crippen LogP contribution in [0.25, 0.3) is 0 Å². The first kappa shape index (κ1) is 10.1. The Balaban J connectivity index is 2.18. The molecule has 2 amide bonds. The van der Waals surface area contributed by atoms with Crippen molar-refractivity contribution < 1.29 is 9.59 Å². The molecule has 80 valence electrons. The molecular formula is C9H11N3O2S. The highest BCUT2D eigenvalue weighted by molar-refractivity contribution is 7.14. The molecule has 1 fully saturated rings. The zero-order valence-corrected chi connectivity index (χ0v) is 9.08. The van der Waals surface area contributed by atoms with Crippen LogP contribution in [0.3, 0.4) is 0 Å². The van der Waals surface area contributed by atoms with Crippen LogP contribution in [0.15, 0.2) is 5.38 Å². The topological polar surface area (TPSA) is 76.3 Å². The third-order valence-electron chi connectivity index (χ3n) is 2.37. The fourth-order valence-corrected chi connectivity index (χ4v) is 2.38. The fourth-order valence-electron chi connectivity index (χ4n) is 1.55. The number of hydrogen-bond acceptors (Lipinski definition) is 4. The number of rotatable bonds is 2. The highest BCUT2D eigenvalue weighted by Gasteiger charge is 2.35. The first-order valence-electron chi connectivity index (χ1n) is 4.59. The summed E-state index contributed by atoms with van der Waals surface area (Å²) in [6, 6.07) is 0. The standard InChI is InChI=1S/C9H11N3O2S/c1-5-4-15-9(11-5)12-3-6(8(10)14)2-7(12)13/h4,6H,2-3H2,1H3,(H2,10,14). The zero-order valence-electron chi connectivity index (χ0n) is 8.27. The van der Waals surface area contributed by atoms with Crippen LogP contribution in [0, 0.1) is 12.8 Å². The number of nitrogens with two attached hydrogens (primary N) is 1. The predicted octanol–water partition coefficient (Wildman–Crippen LogP) is 0.290. The minimum atomic E-state index is -0.417. The van der Waals surface area contributed by atoms with Crippen molar-refractivity contribution in [3.8, 4) is 0 Å². The number of amides is 2. The molecule has 6 heteroatoms. The van der Waals surface area contributed by atoms with Crippen molar-refractivity contribution in [1.29, 1.82) is 0 Å². The van der Waals surface area contributed by atoms with E-state index in [1.807, 2.05) is 12.3 Å². The van der Waals surface area contributed by atoms with E-state index in [1.54, 1.807) is 0 Å². The van der Waals surface area contributed by atoms with E-state index in [0.29, 0.717) is 11.7 Å². The van der Waals surface area contributed by atoms with Crippen LogP contribution in [0.2, 0.25) is 0 Å². The molecule has 0 saturated carbocycles. The van der Waals surface area contributed by atoms with Gasteiger partial charge in [0.1, 0.15) is 0 Å². The predicted molar refractivity (Wildman–Crippen MR) is 56.5 cm³/mol. The number of carbonyl (C=O) groups is 2. The summed E-state index contributed by atoms with van der Waals surface area (Å²) in [5.41, 5.74) is 6.05. The maximum Gasteiger partial charge on any atom is 0.229 e. The third-order valence-corrected chi connectivity index (χ3v) is 3.35. The van der Waals surface area contributed by atoms with Gasteiger partial charge in [-0.3, -0.25) is 14.5 Å². The Bertz CT molecular complexity index is 415. The Morgan fingerprint density at radius 1 is 1.73 bits per heavy atom. The molecule has 0 aliphatic carbocycles. The van der Waals surface area contributed by atoms with E-state index >= 15 is 0 Å². The molecule has 0 spiro atoms. The monoisotopic (exact) mass is 225 g/mol. The molecule has 1 aromatic rings. The first-order valence-corrected chi connectivity index (χ1v) is 5.47. The highest BCUT2D eigenvalue weighted by Crippen LogP contribution is 2.27. The van der Waals surface area contributed by atoms with Gasteiger partial charge in [-0.2, -0.15) is 0 Å². The smallest absolute Gasteiger partial charge is 0.229 e. The summed E-state index contributed by atoms with van der Waals surface area (Å²) < 4.78 is 0. The quantitative estimate of drug-likeness (QED) is 0.786. The number of hydrogen-bond donors (Lipinski definition) is 1. The van der Waals surface area contributed by atoms with Gasteiger partial charge in [0.15, 0.2) is 5.13 Å². The van der Waals surface area contributed by atoms with Crippen molar-refractivity contribution >= 4 is 28.3 Å². The van der Waals surface area contributed by atoms with Crippen molar-refractivity contribution in [2.75, 3.05) is 11.4 Å². The summed E-state index contributed by atoms with van der Waals surface area (Å²) in [6.07, 6.45) is 0.202. The molecule has 1 aliphatic rings. The summed E-state index contributed by atoms with van der Waals surface area (Å²) in [6.45, 7) is 2.23. The summed E-state index contributed by atoms with van der Waals surface area (Å²) in [5.74, 6) is -0.867. The average Bonchev–Trinajstić information content (AvgIpc) is 2.71. The summed E-state index contributed by atoms with van der Waals surface area (Å²) in [4.78, 5) is 28.3. The Hall–Kier alpha value is -1.43. The van der Waals surface area contributed by atoms with Gasteiger partial charge < -0.3 is 5.73 Å². The van der Waals surface area contributed by atoms with Gasteiger partial charge in [0, 0.05) is 18.3 Å². The molecule has 1 aliphatic heterocycles. The van der Waals surface area contributed by atoms with Gasteiger partial charge in [0.2, 0.25) is 11.8 Å². The number of aromatic nitrogens is 1. The Kier molecular flexibility index (Phi) is 2.44. The molecule has 1 aromatic heterocycles. The third kappa shape index (κ3) is 1.85. The van der Waals surface area contributed by atoms with E-state index in [0.717, 1.165) is 5.69 Å². The van der Waals surface area contributed by atoms with Gasteiger partial charge in [0.05, 0.1) is 11.6 Å². The molecule has 5 nitrogen and oxygen atoms in total. The number of carbonyl (C=O) groups excluding carboxylic acids is 2. The van der Waals surface area contributed by atoms with Crippen molar-refractivity contribution in [1.82, 2.24) is 4.98 Å². The molecule has 2 rings (SSSR count). The second kappa shape index (κ2) is 3.62. The van der Waals surface area contributed by atoms with Crippen molar-refractivity contribution in [2.45, 2.75) is 13.3 Å². The summed E-state index contributed by atoms with van der Waals surface area (Å²) in [5, 5.41) is 2.53. The lowest BCUT2D eigenvalue weighted by atomic mass is 10.1. The molecule has 15 heavy (non-hydrogen) atoms. The van der Waals surface area contributed by atoms with Gasteiger partial charge >= 0.3 is 0 Å². The van der Waals surface area contributed by atoms with E-state index in [2.05, 4.69) is 4.98 Å². The van der Waals surface area contributed by atoms with Crippen LogP contribution < -0.4 is 10.6 Å². The number of primary amides is 1. The molecular weight excluding hydrogens is 214 g/mol. The molecule has 1 saturated heterocycles. The van der Waals surface area contributed by atoms with Crippen molar-refractivity contribution in [3.05, 3.63) is 11.1 Å². The number of nitrogens with zero attached hydrogens (tertiary/aromatic N) is 2. The SMILES string of the molecule is Cc1csc(N2CC(C(N)=O)CC2=O)n1. The highest BCUT2D eigenvalue weighted by atomic mass is 32.1. The maximum absolute atomic E-state index is 11.6. The largest absolute Gasteiger partial charge is 0.369 e. The van der Waals surface area contributed by atoms with Crippen LogP contribution >= 0.6 is 11.3 Å². The van der Waals surface area contributed by atoms with E-state index in [1.165, 1.54) is 16.2 Å². The molecule has 2 heterocycles. The molecule has 0 radical (unpaired) electrons. The van der Waals surface area contributed by atoms with Gasteiger partial charge in [-0.25, -0.2) is 4.98 Å². The summed E-state index contributed by atoms with van der Waals surface area (Å²) in [7, 11) is 0. The van der Waals surface area contributed by atoms with Crippen molar-refractivity contribution in [3.63, 3.8) is 0 Å². The second-order valence-electron chi connectivity index (χ2n) is 3.58. The maximum atomic E-state index is 11.6. The lowest BCUT2D eigenvalue weighted by Crippen LogP contribution is -2.28. The average molecular weight is 225 g/mol. The van der Waals surface area contributed by atoms with E-state index in [9.17, 15) is 9.59 Å². The van der Waals surface area contributed by atoms with E-state index < -0.39 is 5.91 Å². The van der Waals surface area contributed by atoms with Crippen LogP contribution in [-0.4, -0.2) is 23.3 Å². The second-order valence-corrected chi connectivity index (χ2v) is 4.42. The van der Waals surface area contributed by atoms with E-state index in [4.69, 9.17) is 5.73 Å². The first-order chi connectivity index (χ1) is 7.08. The minimum Gasteiger partial charge on any atom is -0.369 e. The normalized spacial score (nSPS) is 21.0. The number of thiazole rings is 1. The lowest BCUT2D eigenvalue weighted by molar-refractivity contribution is -0.123. The van der Waals surface area contributed by atoms with Crippen molar-refractivity contribution in [2.24, 2.45) is 11.7 Å². The Morgan fingerprint density at radius 3 is 2.93 bits per heavy atom. The summed E-state index contributed by atoms with van der Waals surface area (Å²) >= 11 is 1.41. The number of aryl methyl sites for hydroxylation is 1. The Labute approximate surface area is 90.9 Å². The number of anilines is 1. The van der Waals surface area contributed by atoms with Gasteiger partial charge in [-0.15, -0.1) is 11.3 Å². The van der Waals surface area contributed by atoms with Crippen LogP contribution in [0.4, 0.5) is 5.13 Å². The Morgan fingerprint density at radius 2 is 2.47 bits per heavy atom. The van der Waals surface area contributed by atoms with E-state index in [-0.39, 0.29) is 18.2 Å². The van der Waals surface area contributed by atoms with Gasteiger partial charge in [-0.1, -0.05) is 0 Å². The van der Waals surface area contributed by atoms with Gasteiger partial charge in [0.25, 0.3) is 0 Å². The van der Waals surface area contributed by atoms with Gasteiger partial charge in [-0.05, 0) is 6.92 Å². The molecule has 0 aromatic carbocycles. The van der Waals surface area contributed by atoms with Crippen LogP contribution in [-0.2, 0) is 9.59 Å². The zero-order chi connectivity index (χ0) is 11.0. The fraction of sp³-hybridized carbons (Fsp3) is 0.444. The van der Waals surface area contributed by atoms with Crippen LogP contribution in [0.1, 0.15) is 12.1 Å². The van der Waals surface area contributed by atoms with Crippen LogP contribution in [0.5, 0.6) is 0 Å². The molecule has 0 bridgehead atoms.